The van der Waals surface area contributed by atoms with Crippen molar-refractivity contribution in [3.63, 3.8) is 0 Å². The van der Waals surface area contributed by atoms with Crippen molar-refractivity contribution < 1.29 is 18.3 Å². The molecule has 1 aromatic rings. The SMILES string of the molecule is COC1CC(NCC(=O)Nc2c(F)cccc2F)C1. The Balaban J connectivity index is 1.79. The number of methoxy groups -OCH3 is 1. The summed E-state index contributed by atoms with van der Waals surface area (Å²) in [7, 11) is 1.65. The number of hydrogen-bond acceptors (Lipinski definition) is 3. The Bertz CT molecular complexity index is 442. The van der Waals surface area contributed by atoms with E-state index in [4.69, 9.17) is 4.74 Å². The maximum atomic E-state index is 13.3. The lowest BCUT2D eigenvalue weighted by Gasteiger charge is -2.34. The molecular formula is C13H16F2N2O2. The fourth-order valence-corrected chi connectivity index (χ4v) is 1.96. The van der Waals surface area contributed by atoms with Crippen LogP contribution in [0.4, 0.5) is 14.5 Å². The summed E-state index contributed by atoms with van der Waals surface area (Å²) in [6.07, 6.45) is 1.93. The van der Waals surface area contributed by atoms with Gasteiger partial charge in [-0.15, -0.1) is 0 Å². The van der Waals surface area contributed by atoms with Gasteiger partial charge in [-0.05, 0) is 25.0 Å². The van der Waals surface area contributed by atoms with Gasteiger partial charge in [0.2, 0.25) is 5.91 Å². The quantitative estimate of drug-likeness (QED) is 0.855. The van der Waals surface area contributed by atoms with Crippen LogP contribution in [0.1, 0.15) is 12.8 Å². The van der Waals surface area contributed by atoms with Gasteiger partial charge >= 0.3 is 0 Å². The van der Waals surface area contributed by atoms with Crippen LogP contribution in [-0.4, -0.2) is 31.7 Å². The van der Waals surface area contributed by atoms with Gasteiger partial charge in [-0.25, -0.2) is 8.78 Å². The lowest BCUT2D eigenvalue weighted by Crippen LogP contribution is -2.47. The van der Waals surface area contributed by atoms with E-state index in [2.05, 4.69) is 10.6 Å². The molecular weight excluding hydrogens is 254 g/mol. The largest absolute Gasteiger partial charge is 0.381 e. The molecule has 1 aromatic carbocycles. The van der Waals surface area contributed by atoms with Gasteiger partial charge in [0.1, 0.15) is 17.3 Å². The fraction of sp³-hybridized carbons (Fsp3) is 0.462. The van der Waals surface area contributed by atoms with Crippen LogP contribution in [0.5, 0.6) is 0 Å². The summed E-state index contributed by atoms with van der Waals surface area (Å²) < 4.78 is 31.7. The second-order valence-electron chi connectivity index (χ2n) is 4.55. The average Bonchev–Trinajstić information content (AvgIpc) is 2.32. The lowest BCUT2D eigenvalue weighted by molar-refractivity contribution is -0.115. The molecule has 0 heterocycles. The molecule has 1 amide bonds. The molecule has 0 atom stereocenters. The predicted octanol–water partition coefficient (Wildman–Crippen LogP) is 1.67. The van der Waals surface area contributed by atoms with E-state index in [1.165, 1.54) is 6.07 Å². The van der Waals surface area contributed by atoms with E-state index in [1.54, 1.807) is 7.11 Å². The number of carbonyl (C=O) groups is 1. The summed E-state index contributed by atoms with van der Waals surface area (Å²) >= 11 is 0. The van der Waals surface area contributed by atoms with Gasteiger partial charge in [0.05, 0.1) is 12.6 Å². The summed E-state index contributed by atoms with van der Waals surface area (Å²) in [4.78, 5) is 11.6. The third-order valence-corrected chi connectivity index (χ3v) is 3.21. The van der Waals surface area contributed by atoms with Gasteiger partial charge in [-0.3, -0.25) is 4.79 Å². The third-order valence-electron chi connectivity index (χ3n) is 3.21. The smallest absolute Gasteiger partial charge is 0.238 e. The molecule has 2 N–H and O–H groups in total. The van der Waals surface area contributed by atoms with E-state index in [9.17, 15) is 13.6 Å². The highest BCUT2D eigenvalue weighted by molar-refractivity contribution is 5.92. The highest BCUT2D eigenvalue weighted by Gasteiger charge is 2.28. The second-order valence-corrected chi connectivity index (χ2v) is 4.55. The normalized spacial score (nSPS) is 21.8. The number of rotatable bonds is 5. The molecule has 104 valence electrons. The zero-order chi connectivity index (χ0) is 13.8. The number of benzene rings is 1. The first-order valence-corrected chi connectivity index (χ1v) is 6.10. The Labute approximate surface area is 110 Å². The molecule has 1 fully saturated rings. The van der Waals surface area contributed by atoms with E-state index < -0.39 is 23.2 Å². The Hall–Kier alpha value is -1.53. The molecule has 0 aromatic heterocycles. The second kappa shape index (κ2) is 6.08. The minimum absolute atomic E-state index is 0.0227. The molecule has 0 bridgehead atoms. The molecule has 0 aliphatic heterocycles. The molecule has 0 unspecified atom stereocenters. The van der Waals surface area contributed by atoms with Crippen molar-refractivity contribution in [2.45, 2.75) is 25.0 Å². The minimum Gasteiger partial charge on any atom is -0.381 e. The van der Waals surface area contributed by atoms with E-state index in [0.29, 0.717) is 0 Å². The van der Waals surface area contributed by atoms with E-state index in [1.807, 2.05) is 0 Å². The van der Waals surface area contributed by atoms with Crippen LogP contribution >= 0.6 is 0 Å². The van der Waals surface area contributed by atoms with Gasteiger partial charge in [0.15, 0.2) is 0 Å². The standard InChI is InChI=1S/C13H16F2N2O2/c1-19-9-5-8(6-9)16-7-12(18)17-13-10(14)3-2-4-11(13)15/h2-4,8-9,16H,5-7H2,1H3,(H,17,18). The molecule has 0 radical (unpaired) electrons. The number of halogens is 2. The van der Waals surface area contributed by atoms with Crippen LogP contribution in [0.2, 0.25) is 0 Å². The molecule has 1 aliphatic carbocycles. The Morgan fingerprint density at radius 2 is 2.00 bits per heavy atom. The minimum atomic E-state index is -0.781. The zero-order valence-electron chi connectivity index (χ0n) is 10.6. The van der Waals surface area contributed by atoms with Gasteiger partial charge < -0.3 is 15.4 Å². The van der Waals surface area contributed by atoms with Gasteiger partial charge in [0, 0.05) is 13.2 Å². The molecule has 1 aliphatic rings. The van der Waals surface area contributed by atoms with Crippen molar-refractivity contribution in [3.05, 3.63) is 29.8 Å². The first kappa shape index (κ1) is 13.9. The van der Waals surface area contributed by atoms with Crippen LogP contribution in [0, 0.1) is 11.6 Å². The average molecular weight is 270 g/mol. The Morgan fingerprint density at radius 3 is 2.58 bits per heavy atom. The van der Waals surface area contributed by atoms with Crippen molar-refractivity contribution in [2.75, 3.05) is 19.0 Å². The molecule has 6 heteroatoms. The van der Waals surface area contributed by atoms with Crippen LogP contribution in [-0.2, 0) is 9.53 Å². The topological polar surface area (TPSA) is 50.4 Å². The number of anilines is 1. The Kier molecular flexibility index (Phi) is 4.44. The van der Waals surface area contributed by atoms with Crippen LogP contribution < -0.4 is 10.6 Å². The number of para-hydroxylation sites is 1. The first-order valence-electron chi connectivity index (χ1n) is 6.10. The predicted molar refractivity (Wildman–Crippen MR) is 66.8 cm³/mol. The number of nitrogens with one attached hydrogen (secondary N) is 2. The first-order chi connectivity index (χ1) is 9.10. The monoisotopic (exact) mass is 270 g/mol. The number of amides is 1. The lowest BCUT2D eigenvalue weighted by atomic mass is 9.89. The number of ether oxygens (including phenoxy) is 1. The molecule has 0 spiro atoms. The maximum Gasteiger partial charge on any atom is 0.238 e. The van der Waals surface area contributed by atoms with Gasteiger partial charge in [0.25, 0.3) is 0 Å². The fourth-order valence-electron chi connectivity index (χ4n) is 1.96. The van der Waals surface area contributed by atoms with Gasteiger partial charge in [-0.1, -0.05) is 6.07 Å². The molecule has 19 heavy (non-hydrogen) atoms. The maximum absolute atomic E-state index is 13.3. The summed E-state index contributed by atoms with van der Waals surface area (Å²) in [6, 6.07) is 3.67. The highest BCUT2D eigenvalue weighted by Crippen LogP contribution is 2.22. The van der Waals surface area contributed by atoms with Crippen LogP contribution in [0.15, 0.2) is 18.2 Å². The van der Waals surface area contributed by atoms with E-state index >= 15 is 0 Å². The molecule has 4 nitrogen and oxygen atoms in total. The molecule has 2 rings (SSSR count). The van der Waals surface area contributed by atoms with Crippen molar-refractivity contribution in [1.82, 2.24) is 5.32 Å². The highest BCUT2D eigenvalue weighted by atomic mass is 19.1. The van der Waals surface area contributed by atoms with E-state index in [0.717, 1.165) is 25.0 Å². The van der Waals surface area contributed by atoms with Crippen molar-refractivity contribution in [2.24, 2.45) is 0 Å². The zero-order valence-corrected chi connectivity index (χ0v) is 10.6. The van der Waals surface area contributed by atoms with Crippen molar-refractivity contribution >= 4 is 11.6 Å². The van der Waals surface area contributed by atoms with Crippen molar-refractivity contribution in [3.8, 4) is 0 Å². The number of hydrogen-bond donors (Lipinski definition) is 2. The number of carbonyl (C=O) groups excluding carboxylic acids is 1. The van der Waals surface area contributed by atoms with E-state index in [-0.39, 0.29) is 18.7 Å². The third kappa shape index (κ3) is 3.48. The summed E-state index contributed by atoms with van der Waals surface area (Å²) in [6.45, 7) is 0.0227. The van der Waals surface area contributed by atoms with Gasteiger partial charge in [-0.2, -0.15) is 0 Å². The summed E-state index contributed by atoms with van der Waals surface area (Å²) in [5.74, 6) is -2.03. The van der Waals surface area contributed by atoms with Crippen LogP contribution in [0.25, 0.3) is 0 Å². The molecule has 0 saturated heterocycles. The summed E-state index contributed by atoms with van der Waals surface area (Å²) in [5.41, 5.74) is -0.405. The van der Waals surface area contributed by atoms with Crippen LogP contribution in [0.3, 0.4) is 0 Å². The summed E-state index contributed by atoms with van der Waals surface area (Å²) in [5, 5.41) is 5.23. The molecule has 1 saturated carbocycles. The Morgan fingerprint density at radius 1 is 1.37 bits per heavy atom. The van der Waals surface area contributed by atoms with Crippen molar-refractivity contribution in [1.29, 1.82) is 0 Å².